The van der Waals surface area contributed by atoms with E-state index in [2.05, 4.69) is 60.2 Å². The van der Waals surface area contributed by atoms with Gasteiger partial charge in [0.1, 0.15) is 12.3 Å². The Kier molecular flexibility index (Phi) is 4.91. The zero-order valence-corrected chi connectivity index (χ0v) is 13.8. The quantitative estimate of drug-likeness (QED) is 0.898. The Balaban J connectivity index is 2.08. The first-order chi connectivity index (χ1) is 8.94. The highest BCUT2D eigenvalue weighted by Gasteiger charge is 2.20. The Hall–Kier alpha value is -0.540. The van der Waals surface area contributed by atoms with E-state index in [1.54, 1.807) is 0 Å². The van der Waals surface area contributed by atoms with Gasteiger partial charge in [0.05, 0.1) is 11.6 Å². The number of benzene rings is 1. The van der Waals surface area contributed by atoms with E-state index in [4.69, 9.17) is 4.74 Å². The van der Waals surface area contributed by atoms with Gasteiger partial charge in [0.15, 0.2) is 0 Å². The van der Waals surface area contributed by atoms with Crippen LogP contribution in [0.25, 0.3) is 0 Å². The van der Waals surface area contributed by atoms with Gasteiger partial charge in [-0.15, -0.1) is 0 Å². The summed E-state index contributed by atoms with van der Waals surface area (Å²) in [4.78, 5) is 0. The van der Waals surface area contributed by atoms with Gasteiger partial charge in [-0.3, -0.25) is 0 Å². The normalized spacial score (nSPS) is 16.8. The number of hydrogen-bond acceptors (Lipinski definition) is 1. The van der Waals surface area contributed by atoms with Crippen LogP contribution in [0.2, 0.25) is 0 Å². The lowest BCUT2D eigenvalue weighted by molar-refractivity contribution is -0.731. The van der Waals surface area contributed by atoms with Gasteiger partial charge < -0.3 is 10.1 Å². The maximum Gasteiger partial charge on any atom is 0.128 e. The van der Waals surface area contributed by atoms with Crippen molar-refractivity contribution >= 4 is 15.9 Å². The van der Waals surface area contributed by atoms with Crippen molar-refractivity contribution in [2.45, 2.75) is 64.6 Å². The Morgan fingerprint density at radius 3 is 2.58 bits per heavy atom. The van der Waals surface area contributed by atoms with E-state index >= 15 is 0 Å². The number of halogens is 1. The van der Waals surface area contributed by atoms with Crippen LogP contribution in [0.15, 0.2) is 22.7 Å². The first-order valence-corrected chi connectivity index (χ1v) is 8.03. The lowest BCUT2D eigenvalue weighted by Crippen LogP contribution is -2.92. The molecule has 2 nitrogen and oxygen atoms in total. The van der Waals surface area contributed by atoms with Crippen molar-refractivity contribution < 1.29 is 10.1 Å². The molecule has 106 valence electrons. The van der Waals surface area contributed by atoms with E-state index in [0.717, 1.165) is 16.8 Å². The van der Waals surface area contributed by atoms with Gasteiger partial charge in [0, 0.05) is 10.0 Å². The van der Waals surface area contributed by atoms with Crippen LogP contribution in [-0.2, 0) is 6.54 Å². The molecule has 2 rings (SSSR count). The molecule has 0 spiro atoms. The second kappa shape index (κ2) is 6.27. The highest BCUT2D eigenvalue weighted by molar-refractivity contribution is 9.10. The van der Waals surface area contributed by atoms with Crippen LogP contribution < -0.4 is 10.1 Å². The van der Waals surface area contributed by atoms with E-state index in [-0.39, 0.29) is 5.54 Å². The molecule has 0 bridgehead atoms. The summed E-state index contributed by atoms with van der Waals surface area (Å²) >= 11 is 3.56. The average Bonchev–Trinajstić information content (AvgIpc) is 2.81. The molecule has 0 heterocycles. The number of nitrogens with two attached hydrogens (primary N) is 1. The minimum atomic E-state index is 0.243. The smallest absolute Gasteiger partial charge is 0.128 e. The lowest BCUT2D eigenvalue weighted by atomic mass is 10.1. The minimum Gasteiger partial charge on any atom is -0.490 e. The molecule has 1 aromatic carbocycles. The molecular weight excluding hydrogens is 302 g/mol. The number of hydrogen-bond donors (Lipinski definition) is 1. The van der Waals surface area contributed by atoms with E-state index in [0.29, 0.717) is 6.10 Å². The van der Waals surface area contributed by atoms with Gasteiger partial charge in [-0.25, -0.2) is 0 Å². The summed E-state index contributed by atoms with van der Waals surface area (Å²) in [5.41, 5.74) is 1.53. The Bertz CT molecular complexity index is 419. The van der Waals surface area contributed by atoms with Gasteiger partial charge in [-0.1, -0.05) is 15.9 Å². The third-order valence-electron chi connectivity index (χ3n) is 3.55. The average molecular weight is 327 g/mol. The molecule has 0 atom stereocenters. The molecule has 1 aliphatic rings. The van der Waals surface area contributed by atoms with Gasteiger partial charge in [0.25, 0.3) is 0 Å². The van der Waals surface area contributed by atoms with E-state index in [9.17, 15) is 0 Å². The van der Waals surface area contributed by atoms with Crippen molar-refractivity contribution in [2.24, 2.45) is 0 Å². The van der Waals surface area contributed by atoms with Gasteiger partial charge in [-0.2, -0.15) is 0 Å². The minimum absolute atomic E-state index is 0.243. The molecule has 0 aromatic heterocycles. The first kappa shape index (κ1) is 14.9. The molecule has 2 N–H and O–H groups in total. The maximum atomic E-state index is 6.19. The summed E-state index contributed by atoms with van der Waals surface area (Å²) < 4.78 is 7.31. The van der Waals surface area contributed by atoms with Crippen LogP contribution in [0.5, 0.6) is 5.75 Å². The standard InChI is InChI=1S/C16H24BrNO/c1-16(2,3)18-11-12-10-13(17)8-9-15(12)19-14-6-4-5-7-14/h8-10,14,18H,4-7,11H2,1-3H3/p+1. The van der Waals surface area contributed by atoms with E-state index in [1.165, 1.54) is 31.2 Å². The lowest BCUT2D eigenvalue weighted by Gasteiger charge is -2.20. The van der Waals surface area contributed by atoms with Gasteiger partial charge >= 0.3 is 0 Å². The molecule has 1 saturated carbocycles. The fraction of sp³-hybridized carbons (Fsp3) is 0.625. The zero-order valence-electron chi connectivity index (χ0n) is 12.2. The summed E-state index contributed by atoms with van der Waals surface area (Å²) in [7, 11) is 0. The molecular formula is C16H25BrNO+. The Labute approximate surface area is 125 Å². The van der Waals surface area contributed by atoms with Crippen LogP contribution in [0.3, 0.4) is 0 Å². The monoisotopic (exact) mass is 326 g/mol. The molecule has 0 radical (unpaired) electrons. The predicted octanol–water partition coefficient (Wildman–Crippen LogP) is 3.63. The molecule has 3 heteroatoms. The van der Waals surface area contributed by atoms with E-state index < -0.39 is 0 Å². The Morgan fingerprint density at radius 2 is 1.95 bits per heavy atom. The number of ether oxygens (including phenoxy) is 1. The van der Waals surface area contributed by atoms with Crippen LogP contribution in [0, 0.1) is 0 Å². The largest absolute Gasteiger partial charge is 0.490 e. The Morgan fingerprint density at radius 1 is 1.26 bits per heavy atom. The van der Waals surface area contributed by atoms with Gasteiger partial charge in [-0.05, 0) is 64.7 Å². The molecule has 0 amide bonds. The summed E-state index contributed by atoms with van der Waals surface area (Å²) in [6, 6.07) is 6.37. The van der Waals surface area contributed by atoms with E-state index in [1.807, 2.05) is 0 Å². The predicted molar refractivity (Wildman–Crippen MR) is 82.4 cm³/mol. The van der Waals surface area contributed by atoms with Crippen molar-refractivity contribution in [3.63, 3.8) is 0 Å². The van der Waals surface area contributed by atoms with Crippen molar-refractivity contribution in [2.75, 3.05) is 0 Å². The van der Waals surface area contributed by atoms with Crippen molar-refractivity contribution in [1.82, 2.24) is 0 Å². The zero-order chi connectivity index (χ0) is 13.9. The molecule has 1 aliphatic carbocycles. The summed E-state index contributed by atoms with van der Waals surface area (Å²) in [5.74, 6) is 1.07. The molecule has 1 fully saturated rings. The van der Waals surface area contributed by atoms with Crippen LogP contribution in [-0.4, -0.2) is 11.6 Å². The number of rotatable bonds is 4. The van der Waals surface area contributed by atoms with Gasteiger partial charge in [0.2, 0.25) is 0 Å². The van der Waals surface area contributed by atoms with Crippen LogP contribution in [0.1, 0.15) is 52.0 Å². The molecule has 19 heavy (non-hydrogen) atoms. The topological polar surface area (TPSA) is 25.8 Å². The molecule has 0 aliphatic heterocycles. The molecule has 0 unspecified atom stereocenters. The second-order valence-corrected chi connectivity index (χ2v) is 7.47. The third-order valence-corrected chi connectivity index (χ3v) is 4.05. The fourth-order valence-electron chi connectivity index (χ4n) is 2.42. The SMILES string of the molecule is CC(C)(C)[NH2+]Cc1cc(Br)ccc1OC1CCCC1. The second-order valence-electron chi connectivity index (χ2n) is 6.55. The summed E-state index contributed by atoms with van der Waals surface area (Å²) in [6.07, 6.45) is 5.46. The maximum absolute atomic E-state index is 6.19. The summed E-state index contributed by atoms with van der Waals surface area (Å²) in [6.45, 7) is 7.68. The van der Waals surface area contributed by atoms with Crippen molar-refractivity contribution in [1.29, 1.82) is 0 Å². The van der Waals surface area contributed by atoms with Crippen LogP contribution in [0.4, 0.5) is 0 Å². The molecule has 0 saturated heterocycles. The third kappa shape index (κ3) is 4.81. The van der Waals surface area contributed by atoms with Crippen molar-refractivity contribution in [3.8, 4) is 5.75 Å². The van der Waals surface area contributed by atoms with Crippen molar-refractivity contribution in [3.05, 3.63) is 28.2 Å². The highest BCUT2D eigenvalue weighted by atomic mass is 79.9. The summed E-state index contributed by atoms with van der Waals surface area (Å²) in [5, 5.41) is 2.36. The molecule has 1 aromatic rings. The van der Waals surface area contributed by atoms with Crippen LogP contribution >= 0.6 is 15.9 Å². The number of quaternary nitrogens is 1. The highest BCUT2D eigenvalue weighted by Crippen LogP contribution is 2.28. The fourth-order valence-corrected chi connectivity index (χ4v) is 2.83. The first-order valence-electron chi connectivity index (χ1n) is 7.23.